The first-order chi connectivity index (χ1) is 12.7. The van der Waals surface area contributed by atoms with Crippen LogP contribution < -0.4 is 5.73 Å². The first-order valence-corrected chi connectivity index (χ1v) is 7.97. The fourth-order valence-electron chi connectivity index (χ4n) is 2.71. The van der Waals surface area contributed by atoms with E-state index in [0.717, 1.165) is 6.07 Å². The Morgan fingerprint density at radius 2 is 2.04 bits per heavy atom. The number of nitrogens with two attached hydrogens (primary N) is 1. The van der Waals surface area contributed by atoms with Crippen LogP contribution in [0, 0.1) is 6.92 Å². The minimum atomic E-state index is -4.49. The summed E-state index contributed by atoms with van der Waals surface area (Å²) in [7, 11) is 0. The van der Waals surface area contributed by atoms with Crippen molar-refractivity contribution in [2.24, 2.45) is 5.73 Å². The second kappa shape index (κ2) is 6.99. The molecule has 1 fully saturated rings. The molecule has 3 rings (SSSR count). The number of pyridine rings is 1. The standard InChI is InChI=1S/C16H16F3N5O3/c1-9-11(15(26)23-4-5-27-12(8-23)14(20)25)7-22-24(9)13-3-2-10(6-21-13)16(17,18)19/h2-3,6-7,12H,4-5,8H2,1H3,(H2,20,25). The number of rotatable bonds is 3. The Balaban J connectivity index is 1.82. The van der Waals surface area contributed by atoms with Crippen LogP contribution in [0.1, 0.15) is 21.6 Å². The lowest BCUT2D eigenvalue weighted by atomic mass is 10.2. The smallest absolute Gasteiger partial charge is 0.367 e. The molecule has 2 aromatic heterocycles. The first kappa shape index (κ1) is 18.8. The van der Waals surface area contributed by atoms with E-state index < -0.39 is 23.8 Å². The van der Waals surface area contributed by atoms with E-state index in [1.54, 1.807) is 6.92 Å². The third-order valence-corrected chi connectivity index (χ3v) is 4.20. The van der Waals surface area contributed by atoms with Crippen LogP contribution in [0.15, 0.2) is 24.5 Å². The van der Waals surface area contributed by atoms with Crippen molar-refractivity contribution in [1.29, 1.82) is 0 Å². The van der Waals surface area contributed by atoms with E-state index in [0.29, 0.717) is 11.9 Å². The fraction of sp³-hybridized carbons (Fsp3) is 0.375. The van der Waals surface area contributed by atoms with Crippen molar-refractivity contribution >= 4 is 11.8 Å². The van der Waals surface area contributed by atoms with Crippen LogP contribution in [0.2, 0.25) is 0 Å². The number of morpholine rings is 1. The molecule has 0 radical (unpaired) electrons. The minimum Gasteiger partial charge on any atom is -0.367 e. The Bertz CT molecular complexity index is 863. The Morgan fingerprint density at radius 1 is 1.30 bits per heavy atom. The van der Waals surface area contributed by atoms with Gasteiger partial charge in [0.1, 0.15) is 0 Å². The number of primary amides is 1. The highest BCUT2D eigenvalue weighted by Gasteiger charge is 2.32. The molecule has 0 aliphatic carbocycles. The van der Waals surface area contributed by atoms with Crippen LogP contribution in [0.5, 0.6) is 0 Å². The summed E-state index contributed by atoms with van der Waals surface area (Å²) in [5.41, 5.74) is 5.00. The average molecular weight is 383 g/mol. The van der Waals surface area contributed by atoms with Crippen LogP contribution in [0.4, 0.5) is 13.2 Å². The number of halogens is 3. The molecule has 0 aromatic carbocycles. The predicted octanol–water partition coefficient (Wildman–Crippen LogP) is 0.921. The lowest BCUT2D eigenvalue weighted by Crippen LogP contribution is -2.50. The summed E-state index contributed by atoms with van der Waals surface area (Å²) in [6, 6.07) is 2.07. The molecule has 2 amide bonds. The largest absolute Gasteiger partial charge is 0.417 e. The van der Waals surface area contributed by atoms with Crippen molar-refractivity contribution in [2.45, 2.75) is 19.2 Å². The number of carbonyl (C=O) groups is 2. The number of alkyl halides is 3. The summed E-state index contributed by atoms with van der Waals surface area (Å²) in [5.74, 6) is -0.884. The van der Waals surface area contributed by atoms with Crippen molar-refractivity contribution in [2.75, 3.05) is 19.7 Å². The molecule has 8 nitrogen and oxygen atoms in total. The topological polar surface area (TPSA) is 103 Å². The van der Waals surface area contributed by atoms with Gasteiger partial charge in [-0.15, -0.1) is 0 Å². The molecule has 27 heavy (non-hydrogen) atoms. The normalized spacial score (nSPS) is 17.8. The molecule has 1 aliphatic heterocycles. The Kier molecular flexibility index (Phi) is 4.87. The number of aromatic nitrogens is 3. The zero-order valence-corrected chi connectivity index (χ0v) is 14.2. The average Bonchev–Trinajstić information content (AvgIpc) is 3.02. The molecular weight excluding hydrogens is 367 g/mol. The minimum absolute atomic E-state index is 0.0251. The molecule has 1 saturated heterocycles. The van der Waals surface area contributed by atoms with Gasteiger partial charge in [0.15, 0.2) is 11.9 Å². The van der Waals surface area contributed by atoms with Gasteiger partial charge in [-0.3, -0.25) is 9.59 Å². The molecule has 11 heteroatoms. The monoisotopic (exact) mass is 383 g/mol. The predicted molar refractivity (Wildman–Crippen MR) is 85.9 cm³/mol. The van der Waals surface area contributed by atoms with E-state index in [9.17, 15) is 22.8 Å². The highest BCUT2D eigenvalue weighted by molar-refractivity contribution is 5.95. The number of ether oxygens (including phenoxy) is 1. The summed E-state index contributed by atoms with van der Waals surface area (Å²) in [6.45, 7) is 2.08. The summed E-state index contributed by atoms with van der Waals surface area (Å²) >= 11 is 0. The molecule has 2 N–H and O–H groups in total. The van der Waals surface area contributed by atoms with Crippen LogP contribution in [0.3, 0.4) is 0 Å². The second-order valence-corrected chi connectivity index (χ2v) is 5.97. The van der Waals surface area contributed by atoms with E-state index in [-0.39, 0.29) is 37.0 Å². The molecule has 1 aliphatic rings. The highest BCUT2D eigenvalue weighted by atomic mass is 19.4. The van der Waals surface area contributed by atoms with Crippen molar-refractivity contribution in [3.63, 3.8) is 0 Å². The molecule has 0 spiro atoms. The zero-order valence-electron chi connectivity index (χ0n) is 14.2. The number of hydrogen-bond acceptors (Lipinski definition) is 5. The van der Waals surface area contributed by atoms with E-state index in [1.807, 2.05) is 0 Å². The van der Waals surface area contributed by atoms with Crippen molar-refractivity contribution < 1.29 is 27.5 Å². The van der Waals surface area contributed by atoms with Gasteiger partial charge in [0, 0.05) is 12.7 Å². The van der Waals surface area contributed by atoms with Crippen LogP contribution >= 0.6 is 0 Å². The van der Waals surface area contributed by atoms with Crippen LogP contribution in [-0.2, 0) is 15.7 Å². The summed E-state index contributed by atoms with van der Waals surface area (Å²) < 4.78 is 44.4. The van der Waals surface area contributed by atoms with E-state index in [1.165, 1.54) is 21.8 Å². The molecule has 2 aromatic rings. The Morgan fingerprint density at radius 3 is 2.63 bits per heavy atom. The number of hydrogen-bond donors (Lipinski definition) is 1. The summed E-state index contributed by atoms with van der Waals surface area (Å²) in [6.07, 6.45) is -3.35. The second-order valence-electron chi connectivity index (χ2n) is 5.97. The molecule has 0 saturated carbocycles. The SMILES string of the molecule is Cc1c(C(=O)N2CCOC(C(N)=O)C2)cnn1-c1ccc(C(F)(F)F)cn1. The van der Waals surface area contributed by atoms with Crippen LogP contribution in [-0.4, -0.2) is 57.3 Å². The lowest BCUT2D eigenvalue weighted by molar-refractivity contribution is -0.138. The van der Waals surface area contributed by atoms with Gasteiger partial charge in [0.25, 0.3) is 5.91 Å². The molecule has 1 unspecified atom stereocenters. The lowest BCUT2D eigenvalue weighted by Gasteiger charge is -2.31. The van der Waals surface area contributed by atoms with Gasteiger partial charge in [-0.1, -0.05) is 0 Å². The quantitative estimate of drug-likeness (QED) is 0.849. The van der Waals surface area contributed by atoms with Crippen molar-refractivity contribution in [1.82, 2.24) is 19.7 Å². The molecular formula is C16H16F3N5O3. The Labute approximate surface area is 151 Å². The fourth-order valence-corrected chi connectivity index (χ4v) is 2.71. The van der Waals surface area contributed by atoms with Gasteiger partial charge in [-0.2, -0.15) is 18.3 Å². The molecule has 3 heterocycles. The van der Waals surface area contributed by atoms with E-state index in [2.05, 4.69) is 10.1 Å². The molecule has 0 bridgehead atoms. The maximum absolute atomic E-state index is 12.7. The van der Waals surface area contributed by atoms with Crippen molar-refractivity contribution in [3.8, 4) is 5.82 Å². The van der Waals surface area contributed by atoms with E-state index >= 15 is 0 Å². The van der Waals surface area contributed by atoms with Crippen LogP contribution in [0.25, 0.3) is 5.82 Å². The summed E-state index contributed by atoms with van der Waals surface area (Å²) in [5, 5.41) is 4.05. The molecule has 144 valence electrons. The zero-order chi connectivity index (χ0) is 19.8. The third-order valence-electron chi connectivity index (χ3n) is 4.20. The van der Waals surface area contributed by atoms with Gasteiger partial charge in [0.2, 0.25) is 5.91 Å². The maximum atomic E-state index is 12.7. The highest BCUT2D eigenvalue weighted by Crippen LogP contribution is 2.29. The van der Waals surface area contributed by atoms with Gasteiger partial charge in [-0.05, 0) is 19.1 Å². The number of amides is 2. The van der Waals surface area contributed by atoms with Gasteiger partial charge < -0.3 is 15.4 Å². The van der Waals surface area contributed by atoms with Crippen molar-refractivity contribution in [3.05, 3.63) is 41.3 Å². The first-order valence-electron chi connectivity index (χ1n) is 7.97. The number of carbonyl (C=O) groups excluding carboxylic acids is 2. The van der Waals surface area contributed by atoms with Gasteiger partial charge >= 0.3 is 6.18 Å². The van der Waals surface area contributed by atoms with Gasteiger partial charge in [0.05, 0.1) is 36.2 Å². The number of nitrogens with zero attached hydrogens (tertiary/aromatic N) is 4. The van der Waals surface area contributed by atoms with Gasteiger partial charge in [-0.25, -0.2) is 9.67 Å². The summed E-state index contributed by atoms with van der Waals surface area (Å²) in [4.78, 5) is 29.2. The molecule has 1 atom stereocenters. The van der Waals surface area contributed by atoms with E-state index in [4.69, 9.17) is 10.5 Å². The third kappa shape index (κ3) is 3.77. The Hall–Kier alpha value is -2.95. The maximum Gasteiger partial charge on any atom is 0.417 e.